The van der Waals surface area contributed by atoms with E-state index in [0.717, 1.165) is 19.3 Å². The topological polar surface area (TPSA) is 44.8 Å². The first-order chi connectivity index (χ1) is 13.0. The summed E-state index contributed by atoms with van der Waals surface area (Å²) in [5.41, 5.74) is -0.315. The van der Waals surface area contributed by atoms with Gasteiger partial charge in [-0.3, -0.25) is 0 Å². The number of hydrogen-bond acceptors (Lipinski definition) is 4. The molecule has 142 valence electrons. The minimum Gasteiger partial charge on any atom is -0.481 e. The second kappa shape index (κ2) is 6.97. The number of carbonyl (C=O) groups excluding carboxylic acids is 1. The van der Waals surface area contributed by atoms with Crippen LogP contribution in [0.4, 0.5) is 4.39 Å². The van der Waals surface area contributed by atoms with Gasteiger partial charge in [0.15, 0.2) is 11.6 Å². The van der Waals surface area contributed by atoms with Crippen LogP contribution < -0.4 is 9.47 Å². The molecule has 5 heteroatoms. The second-order valence-corrected chi connectivity index (χ2v) is 7.59. The Morgan fingerprint density at radius 1 is 1.19 bits per heavy atom. The molecule has 4 rings (SSSR count). The van der Waals surface area contributed by atoms with Crippen molar-refractivity contribution in [2.75, 3.05) is 0 Å². The molecule has 0 aromatic heterocycles. The maximum absolute atomic E-state index is 14.5. The van der Waals surface area contributed by atoms with Gasteiger partial charge in [-0.2, -0.15) is 0 Å². The molecule has 0 amide bonds. The molecule has 0 N–H and O–H groups in total. The Labute approximate surface area is 158 Å². The molecule has 0 saturated carbocycles. The SMILES string of the molecule is CC(C)C1(Oc2cc(C(=O)Oc3ccccc3)ccc2F)CC2CCC1O2. The normalized spacial score (nSPS) is 26.4. The monoisotopic (exact) mass is 370 g/mol. The van der Waals surface area contributed by atoms with Crippen LogP contribution >= 0.6 is 0 Å². The second-order valence-electron chi connectivity index (χ2n) is 7.59. The van der Waals surface area contributed by atoms with Crippen LogP contribution in [0.1, 0.15) is 43.5 Å². The first-order valence-electron chi connectivity index (χ1n) is 9.39. The summed E-state index contributed by atoms with van der Waals surface area (Å²) in [7, 11) is 0. The molecule has 2 aromatic carbocycles. The molecular weight excluding hydrogens is 347 g/mol. The van der Waals surface area contributed by atoms with E-state index in [4.69, 9.17) is 14.2 Å². The highest BCUT2D eigenvalue weighted by Gasteiger charge is 2.56. The van der Waals surface area contributed by atoms with Gasteiger partial charge in [-0.05, 0) is 49.1 Å². The van der Waals surface area contributed by atoms with Crippen molar-refractivity contribution in [3.63, 3.8) is 0 Å². The number of hydrogen-bond donors (Lipinski definition) is 0. The molecule has 2 heterocycles. The summed E-state index contributed by atoms with van der Waals surface area (Å²) >= 11 is 0. The lowest BCUT2D eigenvalue weighted by molar-refractivity contribution is -0.0429. The van der Waals surface area contributed by atoms with Gasteiger partial charge in [0.2, 0.25) is 0 Å². The van der Waals surface area contributed by atoms with Crippen LogP contribution in [0.15, 0.2) is 48.5 Å². The van der Waals surface area contributed by atoms with Gasteiger partial charge in [-0.15, -0.1) is 0 Å². The van der Waals surface area contributed by atoms with E-state index in [-0.39, 0.29) is 29.4 Å². The Morgan fingerprint density at radius 3 is 2.59 bits per heavy atom. The molecule has 2 aromatic rings. The number of esters is 1. The summed E-state index contributed by atoms with van der Waals surface area (Å²) in [6.45, 7) is 4.13. The van der Waals surface area contributed by atoms with Crippen molar-refractivity contribution < 1.29 is 23.4 Å². The Balaban J connectivity index is 1.58. The zero-order valence-electron chi connectivity index (χ0n) is 15.5. The van der Waals surface area contributed by atoms with E-state index in [1.165, 1.54) is 18.2 Å². The zero-order chi connectivity index (χ0) is 19.0. The van der Waals surface area contributed by atoms with E-state index in [0.29, 0.717) is 5.75 Å². The van der Waals surface area contributed by atoms with Gasteiger partial charge in [-0.25, -0.2) is 9.18 Å². The number of carbonyl (C=O) groups is 1. The zero-order valence-corrected chi connectivity index (χ0v) is 15.5. The Kier molecular flexibility index (Phi) is 4.64. The average molecular weight is 370 g/mol. The number of fused-ring (bicyclic) bond motifs is 2. The Morgan fingerprint density at radius 2 is 1.96 bits per heavy atom. The minimum atomic E-state index is -0.564. The third-order valence-corrected chi connectivity index (χ3v) is 5.60. The maximum atomic E-state index is 14.5. The lowest BCUT2D eigenvalue weighted by Gasteiger charge is -2.39. The lowest BCUT2D eigenvalue weighted by Crippen LogP contribution is -2.50. The fourth-order valence-electron chi connectivity index (χ4n) is 4.10. The molecule has 0 spiro atoms. The quantitative estimate of drug-likeness (QED) is 0.562. The summed E-state index contributed by atoms with van der Waals surface area (Å²) in [4.78, 5) is 12.4. The van der Waals surface area contributed by atoms with E-state index in [2.05, 4.69) is 13.8 Å². The number of rotatable bonds is 5. The Bertz CT molecular complexity index is 835. The van der Waals surface area contributed by atoms with Crippen LogP contribution in [-0.2, 0) is 4.74 Å². The smallest absolute Gasteiger partial charge is 0.343 e. The van der Waals surface area contributed by atoms with Crippen molar-refractivity contribution in [2.24, 2.45) is 5.92 Å². The van der Waals surface area contributed by atoms with Crippen molar-refractivity contribution in [1.29, 1.82) is 0 Å². The van der Waals surface area contributed by atoms with Crippen molar-refractivity contribution in [2.45, 2.75) is 50.9 Å². The molecule has 2 aliphatic rings. The van der Waals surface area contributed by atoms with Gasteiger partial charge in [0.1, 0.15) is 11.4 Å². The van der Waals surface area contributed by atoms with Gasteiger partial charge < -0.3 is 14.2 Å². The first-order valence-corrected chi connectivity index (χ1v) is 9.39. The maximum Gasteiger partial charge on any atom is 0.343 e. The predicted octanol–water partition coefficient (Wildman–Crippen LogP) is 4.77. The van der Waals surface area contributed by atoms with Crippen LogP contribution in [0.25, 0.3) is 0 Å². The molecule has 2 bridgehead atoms. The van der Waals surface area contributed by atoms with Crippen LogP contribution in [0.2, 0.25) is 0 Å². The molecule has 27 heavy (non-hydrogen) atoms. The van der Waals surface area contributed by atoms with Gasteiger partial charge in [-0.1, -0.05) is 32.0 Å². The van der Waals surface area contributed by atoms with Crippen molar-refractivity contribution in [3.05, 3.63) is 59.9 Å². The van der Waals surface area contributed by atoms with Crippen LogP contribution in [0.3, 0.4) is 0 Å². The van der Waals surface area contributed by atoms with E-state index < -0.39 is 17.4 Å². The van der Waals surface area contributed by atoms with E-state index in [1.54, 1.807) is 24.3 Å². The number of benzene rings is 2. The summed E-state index contributed by atoms with van der Waals surface area (Å²) in [6.07, 6.45) is 2.82. The van der Waals surface area contributed by atoms with Crippen LogP contribution in [-0.4, -0.2) is 23.8 Å². The lowest BCUT2D eigenvalue weighted by atomic mass is 9.77. The summed E-state index contributed by atoms with van der Waals surface area (Å²) < 4.78 is 32.0. The molecule has 0 aliphatic carbocycles. The molecule has 3 unspecified atom stereocenters. The van der Waals surface area contributed by atoms with Crippen molar-refractivity contribution in [3.8, 4) is 11.5 Å². The molecule has 0 radical (unpaired) electrons. The van der Waals surface area contributed by atoms with Gasteiger partial charge >= 0.3 is 5.97 Å². The number of para-hydroxylation sites is 1. The van der Waals surface area contributed by atoms with Crippen LogP contribution in [0, 0.1) is 11.7 Å². The summed E-state index contributed by atoms with van der Waals surface area (Å²) in [6, 6.07) is 12.9. The van der Waals surface area contributed by atoms with E-state index >= 15 is 0 Å². The molecule has 2 aliphatic heterocycles. The number of ether oxygens (including phenoxy) is 3. The summed E-state index contributed by atoms with van der Waals surface area (Å²) in [5, 5.41) is 0. The fourth-order valence-corrected chi connectivity index (χ4v) is 4.10. The number of halogens is 1. The summed E-state index contributed by atoms with van der Waals surface area (Å²) in [5.74, 6) is -0.369. The molecule has 2 saturated heterocycles. The largest absolute Gasteiger partial charge is 0.481 e. The van der Waals surface area contributed by atoms with Gasteiger partial charge in [0.25, 0.3) is 0 Å². The molecule has 4 nitrogen and oxygen atoms in total. The molecule has 3 atom stereocenters. The third-order valence-electron chi connectivity index (χ3n) is 5.60. The highest BCUT2D eigenvalue weighted by Crippen LogP contribution is 2.48. The fraction of sp³-hybridized carbons (Fsp3) is 0.409. The minimum absolute atomic E-state index is 0.0400. The van der Waals surface area contributed by atoms with Crippen LogP contribution in [0.5, 0.6) is 11.5 Å². The highest BCUT2D eigenvalue weighted by atomic mass is 19.1. The Hall–Kier alpha value is -2.40. The van der Waals surface area contributed by atoms with Crippen molar-refractivity contribution >= 4 is 5.97 Å². The van der Waals surface area contributed by atoms with Crippen molar-refractivity contribution in [1.82, 2.24) is 0 Å². The average Bonchev–Trinajstić information content (AvgIpc) is 3.26. The van der Waals surface area contributed by atoms with Gasteiger partial charge in [0.05, 0.1) is 17.8 Å². The van der Waals surface area contributed by atoms with Gasteiger partial charge in [0, 0.05) is 6.42 Å². The van der Waals surface area contributed by atoms with E-state index in [9.17, 15) is 9.18 Å². The predicted molar refractivity (Wildman–Crippen MR) is 98.5 cm³/mol. The molecular formula is C22H23FO4. The third kappa shape index (κ3) is 3.32. The standard InChI is InChI=1S/C22H23FO4/c1-14(2)22(13-17-9-11-20(22)25-17)27-19-12-15(8-10-18(19)23)21(24)26-16-6-4-3-5-7-16/h3-8,10,12,14,17,20H,9,11,13H2,1-2H3. The van der Waals surface area contributed by atoms with E-state index in [1.807, 2.05) is 6.07 Å². The highest BCUT2D eigenvalue weighted by molar-refractivity contribution is 5.91. The molecule has 2 fully saturated rings. The first kappa shape index (κ1) is 18.0.